The first-order valence-corrected chi connectivity index (χ1v) is 4.34. The summed E-state index contributed by atoms with van der Waals surface area (Å²) in [6.07, 6.45) is 3.37. The Morgan fingerprint density at radius 3 is 3.00 bits per heavy atom. The summed E-state index contributed by atoms with van der Waals surface area (Å²) in [6, 6.07) is 8.98. The highest BCUT2D eigenvalue weighted by Gasteiger charge is 2.03. The molecule has 0 aliphatic rings. The van der Waals surface area contributed by atoms with E-state index in [1.54, 1.807) is 12.5 Å². The number of oxazole rings is 1. The predicted molar refractivity (Wildman–Crippen MR) is 53.4 cm³/mol. The van der Waals surface area contributed by atoms with Crippen LogP contribution in [0.3, 0.4) is 0 Å². The summed E-state index contributed by atoms with van der Waals surface area (Å²) in [6.45, 7) is 0. The molecule has 0 radical (unpaired) electrons. The zero-order valence-electron chi connectivity index (χ0n) is 7.31. The highest BCUT2D eigenvalue weighted by Crippen LogP contribution is 2.12. The molecule has 14 heavy (non-hydrogen) atoms. The average molecular weight is 185 g/mol. The molecule has 0 fully saturated rings. The van der Waals surface area contributed by atoms with Crippen LogP contribution in [-0.2, 0) is 0 Å². The van der Waals surface area contributed by atoms with Gasteiger partial charge in [0.15, 0.2) is 5.43 Å². The molecule has 0 aliphatic heterocycles. The van der Waals surface area contributed by atoms with Crippen molar-refractivity contribution < 1.29 is 4.42 Å². The number of aromatic nitrogens is 1. The minimum absolute atomic E-state index is 0.00412. The number of nitrogens with zero attached hydrogens (tertiary/aromatic N) is 1. The van der Waals surface area contributed by atoms with Crippen LogP contribution in [0, 0.1) is 0 Å². The fourth-order valence-electron chi connectivity index (χ4n) is 1.68. The van der Waals surface area contributed by atoms with Gasteiger partial charge in [0.2, 0.25) is 5.71 Å². The summed E-state index contributed by atoms with van der Waals surface area (Å²) in [5.74, 6) is 0. The van der Waals surface area contributed by atoms with Gasteiger partial charge in [0.1, 0.15) is 6.26 Å². The first kappa shape index (κ1) is 7.38. The lowest BCUT2D eigenvalue weighted by Gasteiger charge is -1.98. The SMILES string of the molecule is O=c1cc2occn2c2ccccc12. The molecule has 0 saturated carbocycles. The number of hydrogen-bond acceptors (Lipinski definition) is 2. The Morgan fingerprint density at radius 2 is 2.07 bits per heavy atom. The van der Waals surface area contributed by atoms with Gasteiger partial charge in [-0.2, -0.15) is 0 Å². The maximum absolute atomic E-state index is 11.6. The normalized spacial score (nSPS) is 11.1. The molecule has 3 heteroatoms. The lowest BCUT2D eigenvalue weighted by atomic mass is 10.2. The Hall–Kier alpha value is -2.03. The number of hydrogen-bond donors (Lipinski definition) is 0. The van der Waals surface area contributed by atoms with Gasteiger partial charge in [-0.3, -0.25) is 9.20 Å². The van der Waals surface area contributed by atoms with E-state index in [1.165, 1.54) is 6.07 Å². The summed E-state index contributed by atoms with van der Waals surface area (Å²) in [4.78, 5) is 11.6. The van der Waals surface area contributed by atoms with E-state index < -0.39 is 0 Å². The van der Waals surface area contributed by atoms with Gasteiger partial charge in [0.25, 0.3) is 0 Å². The van der Waals surface area contributed by atoms with Gasteiger partial charge in [0, 0.05) is 17.6 Å². The van der Waals surface area contributed by atoms with Crippen molar-refractivity contribution in [2.24, 2.45) is 0 Å². The largest absolute Gasteiger partial charge is 0.446 e. The van der Waals surface area contributed by atoms with Crippen LogP contribution in [0.25, 0.3) is 16.6 Å². The Labute approximate surface area is 79.2 Å². The second-order valence-corrected chi connectivity index (χ2v) is 3.14. The van der Waals surface area contributed by atoms with Crippen molar-refractivity contribution in [2.75, 3.05) is 0 Å². The Kier molecular flexibility index (Phi) is 1.31. The molecule has 0 amide bonds. The summed E-state index contributed by atoms with van der Waals surface area (Å²) in [5, 5.41) is 0.714. The van der Waals surface area contributed by atoms with Gasteiger partial charge in [-0.1, -0.05) is 12.1 Å². The van der Waals surface area contributed by atoms with Crippen LogP contribution in [0.2, 0.25) is 0 Å². The Morgan fingerprint density at radius 1 is 1.21 bits per heavy atom. The molecule has 3 nitrogen and oxygen atoms in total. The molecule has 3 rings (SSSR count). The number of fused-ring (bicyclic) bond motifs is 3. The number of benzene rings is 1. The Bertz CT molecular complexity index is 663. The molecular formula is C11H7NO2. The fraction of sp³-hybridized carbons (Fsp3) is 0. The molecule has 1 aromatic carbocycles. The standard InChI is InChI=1S/C11H7NO2/c13-10-7-11-12(5-6-14-11)9-4-2-1-3-8(9)10/h1-7H. The van der Waals surface area contributed by atoms with E-state index in [9.17, 15) is 4.79 Å². The first-order valence-electron chi connectivity index (χ1n) is 4.34. The average Bonchev–Trinajstić information content (AvgIpc) is 2.66. The van der Waals surface area contributed by atoms with E-state index in [1.807, 2.05) is 28.7 Å². The summed E-state index contributed by atoms with van der Waals surface area (Å²) in [7, 11) is 0. The highest BCUT2D eigenvalue weighted by atomic mass is 16.3. The monoisotopic (exact) mass is 185 g/mol. The van der Waals surface area contributed by atoms with Crippen molar-refractivity contribution in [1.29, 1.82) is 0 Å². The molecule has 3 aromatic rings. The highest BCUT2D eigenvalue weighted by molar-refractivity contribution is 5.81. The number of para-hydroxylation sites is 1. The van der Waals surface area contributed by atoms with Gasteiger partial charge in [-0.15, -0.1) is 0 Å². The molecular weight excluding hydrogens is 178 g/mol. The molecule has 0 bridgehead atoms. The lowest BCUT2D eigenvalue weighted by Crippen LogP contribution is -2.02. The zero-order chi connectivity index (χ0) is 9.54. The molecule has 68 valence electrons. The number of pyridine rings is 1. The molecule has 0 unspecified atom stereocenters. The van der Waals surface area contributed by atoms with Crippen molar-refractivity contribution >= 4 is 16.6 Å². The topological polar surface area (TPSA) is 34.6 Å². The van der Waals surface area contributed by atoms with Crippen molar-refractivity contribution in [2.45, 2.75) is 0 Å². The molecule has 2 aromatic heterocycles. The minimum Gasteiger partial charge on any atom is -0.446 e. The van der Waals surface area contributed by atoms with Gasteiger partial charge in [-0.25, -0.2) is 0 Å². The summed E-state index contributed by atoms with van der Waals surface area (Å²) < 4.78 is 7.03. The van der Waals surface area contributed by atoms with Gasteiger partial charge < -0.3 is 4.42 Å². The van der Waals surface area contributed by atoms with E-state index in [4.69, 9.17) is 4.42 Å². The summed E-state index contributed by atoms with van der Waals surface area (Å²) >= 11 is 0. The smallest absolute Gasteiger partial charge is 0.207 e. The van der Waals surface area contributed by atoms with E-state index in [0.29, 0.717) is 11.1 Å². The van der Waals surface area contributed by atoms with Crippen LogP contribution in [0.15, 0.2) is 52.0 Å². The van der Waals surface area contributed by atoms with Gasteiger partial charge in [0.05, 0.1) is 5.52 Å². The van der Waals surface area contributed by atoms with E-state index >= 15 is 0 Å². The predicted octanol–water partition coefficient (Wildman–Crippen LogP) is 2.05. The van der Waals surface area contributed by atoms with Crippen LogP contribution >= 0.6 is 0 Å². The molecule has 0 spiro atoms. The lowest BCUT2D eigenvalue weighted by molar-refractivity contribution is 0.607. The van der Waals surface area contributed by atoms with E-state index in [-0.39, 0.29) is 5.43 Å². The van der Waals surface area contributed by atoms with Gasteiger partial charge in [-0.05, 0) is 12.1 Å². The molecule has 0 aliphatic carbocycles. The molecule has 0 N–H and O–H groups in total. The van der Waals surface area contributed by atoms with Crippen molar-refractivity contribution in [1.82, 2.24) is 4.40 Å². The minimum atomic E-state index is -0.00412. The van der Waals surface area contributed by atoms with Crippen LogP contribution in [-0.4, -0.2) is 4.40 Å². The second kappa shape index (κ2) is 2.48. The maximum Gasteiger partial charge on any atom is 0.207 e. The third kappa shape index (κ3) is 0.836. The van der Waals surface area contributed by atoms with Crippen LogP contribution in [0.5, 0.6) is 0 Å². The van der Waals surface area contributed by atoms with Crippen molar-refractivity contribution in [3.63, 3.8) is 0 Å². The quantitative estimate of drug-likeness (QED) is 0.537. The van der Waals surface area contributed by atoms with Crippen molar-refractivity contribution in [3.05, 3.63) is 53.0 Å². The zero-order valence-corrected chi connectivity index (χ0v) is 7.31. The fourth-order valence-corrected chi connectivity index (χ4v) is 1.68. The van der Waals surface area contributed by atoms with Gasteiger partial charge >= 0.3 is 0 Å². The van der Waals surface area contributed by atoms with Crippen LogP contribution in [0.4, 0.5) is 0 Å². The van der Waals surface area contributed by atoms with Crippen LogP contribution < -0.4 is 5.43 Å². The van der Waals surface area contributed by atoms with Crippen molar-refractivity contribution in [3.8, 4) is 0 Å². The van der Waals surface area contributed by atoms with E-state index in [0.717, 1.165) is 5.52 Å². The molecule has 0 atom stereocenters. The summed E-state index contributed by atoms with van der Waals surface area (Å²) in [5.41, 5.74) is 1.45. The van der Waals surface area contributed by atoms with E-state index in [2.05, 4.69) is 0 Å². The third-order valence-electron chi connectivity index (χ3n) is 2.32. The number of rotatable bonds is 0. The molecule has 0 saturated heterocycles. The second-order valence-electron chi connectivity index (χ2n) is 3.14. The third-order valence-corrected chi connectivity index (χ3v) is 2.32. The first-order chi connectivity index (χ1) is 6.86. The van der Waals surface area contributed by atoms with Crippen LogP contribution in [0.1, 0.15) is 0 Å². The maximum atomic E-state index is 11.6. The Balaban J connectivity index is 2.74. The molecule has 2 heterocycles.